The fourth-order valence-electron chi connectivity index (χ4n) is 3.71. The third-order valence-electron chi connectivity index (χ3n) is 4.75. The maximum atomic E-state index is 11.7. The van der Waals surface area contributed by atoms with Crippen LogP contribution in [0.1, 0.15) is 39.0 Å². The summed E-state index contributed by atoms with van der Waals surface area (Å²) in [5, 5.41) is 3.24. The predicted molar refractivity (Wildman–Crippen MR) is 76.0 cm³/mol. The van der Waals surface area contributed by atoms with Gasteiger partial charge in [0.05, 0.1) is 7.11 Å². The van der Waals surface area contributed by atoms with Crippen LogP contribution in [0.5, 0.6) is 0 Å². The third-order valence-corrected chi connectivity index (χ3v) is 4.75. The Morgan fingerprint density at radius 3 is 2.74 bits per heavy atom. The van der Waals surface area contributed by atoms with E-state index in [1.165, 1.54) is 45.8 Å². The van der Waals surface area contributed by atoms with E-state index in [0.717, 1.165) is 31.5 Å². The minimum Gasteiger partial charge on any atom is -0.468 e. The molecule has 19 heavy (non-hydrogen) atoms. The molecule has 4 heteroatoms. The van der Waals surface area contributed by atoms with Gasteiger partial charge in [-0.3, -0.25) is 4.79 Å². The summed E-state index contributed by atoms with van der Waals surface area (Å²) in [5.74, 6) is 1.68. The number of hydrogen-bond acceptors (Lipinski definition) is 4. The Morgan fingerprint density at radius 2 is 2.05 bits per heavy atom. The van der Waals surface area contributed by atoms with E-state index in [1.54, 1.807) is 0 Å². The molecule has 2 aliphatic rings. The molecule has 0 spiro atoms. The molecule has 0 bridgehead atoms. The molecule has 3 unspecified atom stereocenters. The van der Waals surface area contributed by atoms with Crippen molar-refractivity contribution in [1.82, 2.24) is 10.2 Å². The Kier molecular flexibility index (Phi) is 5.64. The summed E-state index contributed by atoms with van der Waals surface area (Å²) in [6.07, 6.45) is 6.92. The highest BCUT2D eigenvalue weighted by Gasteiger charge is 2.32. The van der Waals surface area contributed by atoms with Gasteiger partial charge < -0.3 is 15.0 Å². The molecular formula is C15H28N2O2. The summed E-state index contributed by atoms with van der Waals surface area (Å²) in [4.78, 5) is 14.2. The molecule has 2 fully saturated rings. The lowest BCUT2D eigenvalue weighted by Crippen LogP contribution is -2.50. The average Bonchev–Trinajstić information content (AvgIpc) is 2.46. The Bertz CT molecular complexity index is 296. The number of methoxy groups -OCH3 is 1. The fourth-order valence-corrected chi connectivity index (χ4v) is 3.71. The lowest BCUT2D eigenvalue weighted by Gasteiger charge is -2.42. The minimum absolute atomic E-state index is 0.132. The van der Waals surface area contributed by atoms with Gasteiger partial charge in [-0.05, 0) is 37.8 Å². The minimum atomic E-state index is -0.171. The van der Waals surface area contributed by atoms with E-state index >= 15 is 0 Å². The lowest BCUT2D eigenvalue weighted by molar-refractivity contribution is -0.143. The van der Waals surface area contributed by atoms with Gasteiger partial charge in [0.2, 0.25) is 0 Å². The molecule has 4 nitrogen and oxygen atoms in total. The van der Waals surface area contributed by atoms with Crippen LogP contribution in [0.2, 0.25) is 0 Å². The first kappa shape index (κ1) is 14.8. The van der Waals surface area contributed by atoms with E-state index in [-0.39, 0.29) is 12.0 Å². The Hall–Kier alpha value is -0.610. The van der Waals surface area contributed by atoms with Gasteiger partial charge in [0.25, 0.3) is 0 Å². The number of rotatable bonds is 5. The highest BCUT2D eigenvalue weighted by atomic mass is 16.5. The number of hydrogen-bond donors (Lipinski definition) is 1. The van der Waals surface area contributed by atoms with Gasteiger partial charge in [0.1, 0.15) is 6.04 Å². The molecule has 110 valence electrons. The Morgan fingerprint density at radius 1 is 1.32 bits per heavy atom. The molecule has 1 aliphatic heterocycles. The smallest absolute Gasteiger partial charge is 0.324 e. The van der Waals surface area contributed by atoms with Crippen LogP contribution < -0.4 is 5.32 Å². The van der Waals surface area contributed by atoms with Crippen LogP contribution in [0.15, 0.2) is 0 Å². The molecular weight excluding hydrogens is 240 g/mol. The first-order valence-electron chi connectivity index (χ1n) is 7.78. The van der Waals surface area contributed by atoms with Gasteiger partial charge in [0.15, 0.2) is 0 Å². The summed E-state index contributed by atoms with van der Waals surface area (Å²) in [6, 6.07) is -0.171. The lowest BCUT2D eigenvalue weighted by atomic mass is 9.75. The van der Waals surface area contributed by atoms with Crippen molar-refractivity contribution in [2.75, 3.05) is 33.3 Å². The van der Waals surface area contributed by atoms with E-state index in [0.29, 0.717) is 0 Å². The van der Waals surface area contributed by atoms with E-state index < -0.39 is 0 Å². The molecule has 1 N–H and O–H groups in total. The number of likely N-dealkylation sites (tertiary alicyclic amines) is 1. The molecule has 0 aromatic rings. The maximum absolute atomic E-state index is 11.7. The predicted octanol–water partition coefficient (Wildman–Crippen LogP) is 1.65. The number of nitrogens with one attached hydrogen (secondary N) is 1. The second-order valence-corrected chi connectivity index (χ2v) is 5.99. The molecule has 1 saturated carbocycles. The number of fused-ring (bicyclic) bond motifs is 1. The van der Waals surface area contributed by atoms with Crippen molar-refractivity contribution in [1.29, 1.82) is 0 Å². The molecule has 0 amide bonds. The zero-order valence-electron chi connectivity index (χ0n) is 12.4. The van der Waals surface area contributed by atoms with Crippen LogP contribution in [0.4, 0.5) is 0 Å². The molecule has 1 aliphatic carbocycles. The van der Waals surface area contributed by atoms with E-state index in [9.17, 15) is 4.79 Å². The SMILES string of the molecule is CCNC(CN1CCC2CCCCC2C1)C(=O)OC. The normalized spacial score (nSPS) is 29.6. The van der Waals surface area contributed by atoms with E-state index in [4.69, 9.17) is 4.74 Å². The molecule has 2 rings (SSSR count). The number of piperidine rings is 1. The standard InChI is InChI=1S/C15H28N2O2/c1-3-16-14(15(18)19-2)11-17-9-8-12-6-4-5-7-13(12)10-17/h12-14,16H,3-11H2,1-2H3. The van der Waals surface area contributed by atoms with Crippen molar-refractivity contribution in [2.45, 2.75) is 45.1 Å². The van der Waals surface area contributed by atoms with Crippen molar-refractivity contribution >= 4 is 5.97 Å². The molecule has 0 radical (unpaired) electrons. The summed E-state index contributed by atoms with van der Waals surface area (Å²) in [6.45, 7) is 5.94. The highest BCUT2D eigenvalue weighted by molar-refractivity contribution is 5.75. The number of ether oxygens (including phenoxy) is 1. The first-order chi connectivity index (χ1) is 9.24. The first-order valence-corrected chi connectivity index (χ1v) is 7.78. The second-order valence-electron chi connectivity index (χ2n) is 5.99. The van der Waals surface area contributed by atoms with Crippen LogP contribution in [-0.4, -0.2) is 50.2 Å². The van der Waals surface area contributed by atoms with Gasteiger partial charge in [0, 0.05) is 13.1 Å². The van der Waals surface area contributed by atoms with Crippen molar-refractivity contribution in [3.63, 3.8) is 0 Å². The Labute approximate surface area is 116 Å². The highest BCUT2D eigenvalue weighted by Crippen LogP contribution is 2.35. The molecule has 0 aromatic heterocycles. The second kappa shape index (κ2) is 7.25. The van der Waals surface area contributed by atoms with Gasteiger partial charge in [-0.25, -0.2) is 0 Å². The molecule has 1 heterocycles. The number of carbonyl (C=O) groups is 1. The largest absolute Gasteiger partial charge is 0.468 e. The van der Waals surface area contributed by atoms with Crippen LogP contribution in [0.25, 0.3) is 0 Å². The van der Waals surface area contributed by atoms with Crippen LogP contribution in [-0.2, 0) is 9.53 Å². The number of likely N-dealkylation sites (N-methyl/N-ethyl adjacent to an activating group) is 1. The molecule has 3 atom stereocenters. The number of carbonyl (C=O) groups excluding carboxylic acids is 1. The summed E-state index contributed by atoms with van der Waals surface area (Å²) in [5.41, 5.74) is 0. The van der Waals surface area contributed by atoms with Crippen molar-refractivity contribution in [3.8, 4) is 0 Å². The number of esters is 1. The zero-order valence-corrected chi connectivity index (χ0v) is 12.4. The molecule has 0 aromatic carbocycles. The van der Waals surface area contributed by atoms with Crippen molar-refractivity contribution < 1.29 is 9.53 Å². The Balaban J connectivity index is 1.85. The molecule has 1 saturated heterocycles. The zero-order chi connectivity index (χ0) is 13.7. The summed E-state index contributed by atoms with van der Waals surface area (Å²) < 4.78 is 4.88. The monoisotopic (exact) mass is 268 g/mol. The number of nitrogens with zero attached hydrogens (tertiary/aromatic N) is 1. The summed E-state index contributed by atoms with van der Waals surface area (Å²) in [7, 11) is 1.47. The van der Waals surface area contributed by atoms with Crippen molar-refractivity contribution in [2.24, 2.45) is 11.8 Å². The van der Waals surface area contributed by atoms with Gasteiger partial charge in [-0.15, -0.1) is 0 Å². The maximum Gasteiger partial charge on any atom is 0.324 e. The van der Waals surface area contributed by atoms with E-state index in [2.05, 4.69) is 10.2 Å². The summed E-state index contributed by atoms with van der Waals surface area (Å²) >= 11 is 0. The van der Waals surface area contributed by atoms with E-state index in [1.807, 2.05) is 6.92 Å². The van der Waals surface area contributed by atoms with Gasteiger partial charge >= 0.3 is 5.97 Å². The van der Waals surface area contributed by atoms with Crippen LogP contribution >= 0.6 is 0 Å². The average molecular weight is 268 g/mol. The van der Waals surface area contributed by atoms with Gasteiger partial charge in [-0.2, -0.15) is 0 Å². The van der Waals surface area contributed by atoms with Crippen LogP contribution in [0, 0.1) is 11.8 Å². The van der Waals surface area contributed by atoms with Crippen molar-refractivity contribution in [3.05, 3.63) is 0 Å². The third kappa shape index (κ3) is 3.93. The van der Waals surface area contributed by atoms with Gasteiger partial charge in [-0.1, -0.05) is 26.2 Å². The quantitative estimate of drug-likeness (QED) is 0.770. The fraction of sp³-hybridized carbons (Fsp3) is 0.933. The van der Waals surface area contributed by atoms with Crippen LogP contribution in [0.3, 0.4) is 0 Å². The topological polar surface area (TPSA) is 41.6 Å².